The van der Waals surface area contributed by atoms with Crippen LogP contribution in [0.25, 0.3) is 21.7 Å². The van der Waals surface area contributed by atoms with Crippen molar-refractivity contribution in [3.05, 3.63) is 95.7 Å². The maximum Gasteiger partial charge on any atom is 0.415 e. The Morgan fingerprint density at radius 2 is 1.57 bits per heavy atom. The smallest absolute Gasteiger partial charge is 0.409 e. The van der Waals surface area contributed by atoms with Gasteiger partial charge < -0.3 is 51.4 Å². The van der Waals surface area contributed by atoms with Gasteiger partial charge in [0.1, 0.15) is 23.3 Å². The summed E-state index contributed by atoms with van der Waals surface area (Å²) in [6.45, 7) is 8.27. The van der Waals surface area contributed by atoms with Gasteiger partial charge in [-0.15, -0.1) is 0 Å². The van der Waals surface area contributed by atoms with E-state index in [0.717, 1.165) is 29.4 Å². The normalized spacial score (nSPS) is 15.7. The van der Waals surface area contributed by atoms with Crippen molar-refractivity contribution in [3.63, 3.8) is 0 Å². The van der Waals surface area contributed by atoms with E-state index in [1.165, 1.54) is 6.92 Å². The summed E-state index contributed by atoms with van der Waals surface area (Å²) in [7, 11) is 2.02. The molecule has 0 aliphatic carbocycles. The number of likely N-dealkylation sites (N-methyl/N-ethyl adjacent to an activating group) is 1. The number of urea groups is 1. The lowest BCUT2D eigenvalue weighted by Gasteiger charge is -2.31. The van der Waals surface area contributed by atoms with E-state index in [1.807, 2.05) is 45.2 Å². The van der Waals surface area contributed by atoms with Gasteiger partial charge in [0.2, 0.25) is 11.8 Å². The van der Waals surface area contributed by atoms with Gasteiger partial charge >= 0.3 is 12.1 Å². The fraction of sp³-hybridized carbons (Fsp3) is 0.367. The Morgan fingerprint density at radius 1 is 0.868 bits per heavy atom. The van der Waals surface area contributed by atoms with E-state index in [0.29, 0.717) is 76.4 Å². The molecule has 0 radical (unpaired) electrons. The second-order valence-corrected chi connectivity index (χ2v) is 18.2. The molecule has 4 aromatic carbocycles. The highest BCUT2D eigenvalue weighted by Crippen LogP contribution is 2.46. The van der Waals surface area contributed by atoms with Gasteiger partial charge in [-0.1, -0.05) is 54.0 Å². The van der Waals surface area contributed by atoms with Crippen LogP contribution < -0.4 is 42.0 Å². The average molecular weight is 994 g/mol. The van der Waals surface area contributed by atoms with Gasteiger partial charge in [-0.2, -0.15) is 0 Å². The Morgan fingerprint density at radius 3 is 2.25 bits per heavy atom. The third kappa shape index (κ3) is 11.6. The number of carbonyl (C=O) groups is 7. The van der Waals surface area contributed by atoms with Crippen LogP contribution >= 0.6 is 15.9 Å². The highest BCUT2D eigenvalue weighted by atomic mass is 79.9. The molecule has 3 atom stereocenters. The van der Waals surface area contributed by atoms with Crippen LogP contribution in [0.1, 0.15) is 65.9 Å². The summed E-state index contributed by atoms with van der Waals surface area (Å²) < 4.78 is 6.07. The Kier molecular flexibility index (Phi) is 15.8. The quantitative estimate of drug-likeness (QED) is 0.0454. The Bertz CT molecular complexity index is 2720. The van der Waals surface area contributed by atoms with Gasteiger partial charge in [0, 0.05) is 89.8 Å². The van der Waals surface area contributed by atoms with Gasteiger partial charge in [0.25, 0.3) is 11.8 Å². The van der Waals surface area contributed by atoms with Crippen molar-refractivity contribution in [2.45, 2.75) is 51.6 Å². The number of nitrogens with one attached hydrogen (secondary N) is 6. The van der Waals surface area contributed by atoms with Crippen LogP contribution in [0.2, 0.25) is 0 Å². The molecule has 5 aromatic rings. The van der Waals surface area contributed by atoms with E-state index in [2.05, 4.69) is 52.4 Å². The van der Waals surface area contributed by atoms with Crippen molar-refractivity contribution in [2.24, 2.45) is 11.7 Å². The standard InChI is InChI=1S/C49H57BrN10O8/c1-28(2)43(53-26-29(3)61)46(64)57-38(10-7-17-52-48(51)66)45(63)54-33-13-11-30(12-14-33)44(62)55-34-15-16-37-31(22-34)23-39(56-37)47(65)60-27-32(25-50)42-36-9-6-5-8-35(36)41(24-40(42)60)68-49(67)59-20-18-58(4)19-21-59/h5-6,8-9,11-16,22-24,28,32,38,43,53,56H,7,10,17-21,25-27H2,1-4H3,(H,54,63)(H,55,62)(H,57,64)(H3,51,52,66)/t32-,38+,43+/m1/s1. The number of carbonyl (C=O) groups excluding carboxylic acids is 7. The van der Waals surface area contributed by atoms with Crippen molar-refractivity contribution < 1.29 is 38.3 Å². The molecule has 0 unspecified atom stereocenters. The predicted octanol–water partition coefficient (Wildman–Crippen LogP) is 5.53. The molecular weight excluding hydrogens is 937 g/mol. The first-order valence-electron chi connectivity index (χ1n) is 22.6. The molecular formula is C49H57BrN10O8. The zero-order valence-electron chi connectivity index (χ0n) is 38.4. The second-order valence-electron chi connectivity index (χ2n) is 17.6. The molecule has 1 fully saturated rings. The van der Waals surface area contributed by atoms with Crippen LogP contribution in [0.5, 0.6) is 5.75 Å². The molecule has 7 amide bonds. The van der Waals surface area contributed by atoms with E-state index in [9.17, 15) is 33.6 Å². The molecule has 3 heterocycles. The highest BCUT2D eigenvalue weighted by molar-refractivity contribution is 9.09. The second kappa shape index (κ2) is 21.9. The maximum atomic E-state index is 14.4. The number of ether oxygens (including phenoxy) is 1. The predicted molar refractivity (Wildman–Crippen MR) is 265 cm³/mol. The van der Waals surface area contributed by atoms with Crippen molar-refractivity contribution in [1.29, 1.82) is 0 Å². The molecule has 18 nitrogen and oxygen atoms in total. The van der Waals surface area contributed by atoms with Crippen LogP contribution in [0.3, 0.4) is 0 Å². The lowest BCUT2D eigenvalue weighted by Crippen LogP contribution is -2.54. The average Bonchev–Trinajstić information content (AvgIpc) is 3.91. The number of aromatic amines is 1. The Balaban J connectivity index is 1.02. The topological polar surface area (TPSA) is 240 Å². The first kappa shape index (κ1) is 49.1. The molecule has 1 aromatic heterocycles. The SMILES string of the molecule is CC(=O)CN[C@H](C(=O)N[C@@H](CCCNC(N)=O)C(=O)Nc1ccc(C(=O)Nc2ccc3[nH]c(C(=O)N4C[C@@H](CBr)c5c4cc(OC(=O)N4CCN(C)CC4)c4ccccc54)cc3c2)cc1)C(C)C. The third-order valence-corrected chi connectivity index (χ3v) is 12.9. The van der Waals surface area contributed by atoms with Gasteiger partial charge in [-0.25, -0.2) is 9.59 Å². The molecule has 19 heteroatoms. The summed E-state index contributed by atoms with van der Waals surface area (Å²) in [6.07, 6.45) is 0.0847. The summed E-state index contributed by atoms with van der Waals surface area (Å²) >= 11 is 3.68. The van der Waals surface area contributed by atoms with Crippen LogP contribution in [-0.2, 0) is 14.4 Å². The monoisotopic (exact) mass is 992 g/mol. The largest absolute Gasteiger partial charge is 0.415 e. The number of hydrogen-bond acceptors (Lipinski definition) is 10. The highest BCUT2D eigenvalue weighted by Gasteiger charge is 2.36. The number of nitrogens with two attached hydrogens (primary N) is 1. The van der Waals surface area contributed by atoms with E-state index in [-0.39, 0.29) is 43.0 Å². The van der Waals surface area contributed by atoms with E-state index < -0.39 is 41.9 Å². The van der Waals surface area contributed by atoms with Crippen LogP contribution in [-0.4, -0.2) is 127 Å². The number of anilines is 3. The van der Waals surface area contributed by atoms with E-state index in [1.54, 1.807) is 64.4 Å². The lowest BCUT2D eigenvalue weighted by molar-refractivity contribution is -0.129. The summed E-state index contributed by atoms with van der Waals surface area (Å²) in [5.41, 5.74) is 9.06. The third-order valence-electron chi connectivity index (χ3n) is 12.2. The number of hydrogen-bond donors (Lipinski definition) is 7. The summed E-state index contributed by atoms with van der Waals surface area (Å²) in [6, 6.07) is 20.4. The number of aromatic nitrogens is 1. The summed E-state index contributed by atoms with van der Waals surface area (Å²) in [4.78, 5) is 99.7. The number of benzene rings is 4. The zero-order chi connectivity index (χ0) is 48.6. The number of alkyl halides is 1. The number of ketones is 1. The molecule has 0 spiro atoms. The minimum absolute atomic E-state index is 0.00883. The molecule has 358 valence electrons. The minimum Gasteiger partial charge on any atom is -0.409 e. The number of H-pyrrole nitrogens is 1. The number of piperazine rings is 1. The number of fused-ring (bicyclic) bond motifs is 4. The number of nitrogens with zero attached hydrogens (tertiary/aromatic N) is 3. The first-order chi connectivity index (χ1) is 32.6. The molecule has 0 saturated carbocycles. The molecule has 7 rings (SSSR count). The minimum atomic E-state index is -0.992. The van der Waals surface area contributed by atoms with Crippen molar-refractivity contribution >= 4 is 96.2 Å². The van der Waals surface area contributed by atoms with Crippen LogP contribution in [0, 0.1) is 5.92 Å². The van der Waals surface area contributed by atoms with E-state index >= 15 is 0 Å². The van der Waals surface area contributed by atoms with E-state index in [4.69, 9.17) is 10.5 Å². The fourth-order valence-electron chi connectivity index (χ4n) is 8.50. The van der Waals surface area contributed by atoms with Gasteiger partial charge in [0.15, 0.2) is 0 Å². The maximum absolute atomic E-state index is 14.4. The lowest BCUT2D eigenvalue weighted by atomic mass is 9.95. The molecule has 2 aliphatic rings. The first-order valence-corrected chi connectivity index (χ1v) is 23.7. The Labute approximate surface area is 402 Å². The molecule has 0 bridgehead atoms. The molecule has 1 saturated heterocycles. The summed E-state index contributed by atoms with van der Waals surface area (Å²) in [5, 5.41) is 16.9. The molecule has 8 N–H and O–H groups in total. The van der Waals surface area contributed by atoms with Gasteiger partial charge in [0.05, 0.1) is 18.3 Å². The molecule has 68 heavy (non-hydrogen) atoms. The number of amides is 7. The zero-order valence-corrected chi connectivity index (χ0v) is 40.0. The number of rotatable bonds is 17. The van der Waals surface area contributed by atoms with Crippen LogP contribution in [0.15, 0.2) is 78.9 Å². The van der Waals surface area contributed by atoms with Crippen LogP contribution in [0.4, 0.5) is 26.7 Å². The summed E-state index contributed by atoms with van der Waals surface area (Å²) in [5.74, 6) is -1.59. The van der Waals surface area contributed by atoms with Crippen molar-refractivity contribution in [2.75, 3.05) is 73.7 Å². The van der Waals surface area contributed by atoms with Crippen molar-refractivity contribution in [3.8, 4) is 5.75 Å². The van der Waals surface area contributed by atoms with Gasteiger partial charge in [-0.3, -0.25) is 29.3 Å². The number of Topliss-reactive ketones (excluding diaryl/α,β-unsaturated/α-hetero) is 1. The Hall–Kier alpha value is -6.83. The number of halogens is 1. The van der Waals surface area contributed by atoms with Crippen molar-refractivity contribution in [1.82, 2.24) is 30.7 Å². The van der Waals surface area contributed by atoms with Gasteiger partial charge in [-0.05, 0) is 92.2 Å². The number of primary amides is 1. The fourth-order valence-corrected chi connectivity index (χ4v) is 9.03. The molecule has 2 aliphatic heterocycles.